The molecule has 0 amide bonds. The number of anilines is 4. The molecule has 3 aromatic rings. The second kappa shape index (κ2) is 7.75. The van der Waals surface area contributed by atoms with Crippen LogP contribution in [0.4, 0.5) is 23.3 Å². The number of nitrogens with one attached hydrogen (secondary N) is 1. The van der Waals surface area contributed by atoms with E-state index in [2.05, 4.69) is 35.3 Å². The lowest BCUT2D eigenvalue weighted by molar-refractivity contribution is 0.639. The maximum atomic E-state index is 6.18. The molecule has 1 aliphatic heterocycles. The SMILES string of the molecule is Cc1ccc(Nc2nncc(N3CCN(c4ccccn4)CC3)n2)cc1Cl. The summed E-state index contributed by atoms with van der Waals surface area (Å²) in [6.45, 7) is 5.44. The first-order valence-electron chi connectivity index (χ1n) is 8.83. The molecule has 27 heavy (non-hydrogen) atoms. The van der Waals surface area contributed by atoms with Crippen LogP contribution in [0.3, 0.4) is 0 Å². The second-order valence-corrected chi connectivity index (χ2v) is 6.80. The molecule has 138 valence electrons. The number of aromatic nitrogens is 4. The van der Waals surface area contributed by atoms with Crippen LogP contribution in [0.15, 0.2) is 48.8 Å². The van der Waals surface area contributed by atoms with E-state index in [1.165, 1.54) is 0 Å². The van der Waals surface area contributed by atoms with Gasteiger partial charge in [0.15, 0.2) is 5.82 Å². The lowest BCUT2D eigenvalue weighted by Gasteiger charge is -2.35. The molecule has 0 unspecified atom stereocenters. The zero-order valence-electron chi connectivity index (χ0n) is 15.0. The fourth-order valence-electron chi connectivity index (χ4n) is 3.01. The topological polar surface area (TPSA) is 70.1 Å². The molecule has 0 spiro atoms. The van der Waals surface area contributed by atoms with E-state index in [4.69, 9.17) is 11.6 Å². The highest BCUT2D eigenvalue weighted by molar-refractivity contribution is 6.31. The molecule has 1 aromatic carbocycles. The fourth-order valence-corrected chi connectivity index (χ4v) is 3.19. The Morgan fingerprint density at radius 1 is 1.00 bits per heavy atom. The number of benzene rings is 1. The van der Waals surface area contributed by atoms with Gasteiger partial charge in [-0.15, -0.1) is 5.10 Å². The highest BCUT2D eigenvalue weighted by Gasteiger charge is 2.19. The lowest BCUT2D eigenvalue weighted by atomic mass is 10.2. The molecular formula is C19H20ClN7. The van der Waals surface area contributed by atoms with Crippen molar-refractivity contribution in [3.63, 3.8) is 0 Å². The lowest BCUT2D eigenvalue weighted by Crippen LogP contribution is -2.47. The summed E-state index contributed by atoms with van der Waals surface area (Å²) in [5.74, 6) is 2.28. The minimum atomic E-state index is 0.458. The molecule has 0 bridgehead atoms. The standard InChI is InChI=1S/C19H20ClN7/c1-14-5-6-15(12-16(14)20)23-19-24-18(13-22-25-19)27-10-8-26(9-11-27)17-4-2-3-7-21-17/h2-7,12-13H,8-11H2,1H3,(H,23,24,25). The van der Waals surface area contributed by atoms with E-state index in [1.807, 2.05) is 49.5 Å². The van der Waals surface area contributed by atoms with Gasteiger partial charge in [-0.2, -0.15) is 10.1 Å². The molecule has 2 aromatic heterocycles. The van der Waals surface area contributed by atoms with Crippen molar-refractivity contribution in [3.05, 3.63) is 59.4 Å². The molecule has 1 aliphatic rings. The van der Waals surface area contributed by atoms with Crippen molar-refractivity contribution in [2.75, 3.05) is 41.3 Å². The Kier molecular flexibility index (Phi) is 5.02. The Bertz CT molecular complexity index is 911. The van der Waals surface area contributed by atoms with E-state index < -0.39 is 0 Å². The number of hydrogen-bond donors (Lipinski definition) is 1. The summed E-state index contributed by atoms with van der Waals surface area (Å²) in [4.78, 5) is 13.5. The average molecular weight is 382 g/mol. The minimum Gasteiger partial charge on any atom is -0.353 e. The summed E-state index contributed by atoms with van der Waals surface area (Å²) in [5, 5.41) is 12.1. The highest BCUT2D eigenvalue weighted by Crippen LogP contribution is 2.23. The molecule has 7 nitrogen and oxygen atoms in total. The number of aryl methyl sites for hydroxylation is 1. The molecular weight excluding hydrogens is 362 g/mol. The van der Waals surface area contributed by atoms with Gasteiger partial charge in [0.1, 0.15) is 5.82 Å². The number of halogens is 1. The van der Waals surface area contributed by atoms with Gasteiger partial charge in [-0.1, -0.05) is 23.7 Å². The van der Waals surface area contributed by atoms with Crippen LogP contribution in [-0.2, 0) is 0 Å². The molecule has 8 heteroatoms. The third-order valence-electron chi connectivity index (χ3n) is 4.55. The van der Waals surface area contributed by atoms with E-state index in [1.54, 1.807) is 6.20 Å². The van der Waals surface area contributed by atoms with Crippen molar-refractivity contribution in [2.24, 2.45) is 0 Å². The van der Waals surface area contributed by atoms with Gasteiger partial charge in [-0.25, -0.2) is 4.98 Å². The predicted octanol–water partition coefficient (Wildman–Crippen LogP) is 3.30. The first-order chi connectivity index (χ1) is 13.2. The van der Waals surface area contributed by atoms with Gasteiger partial charge >= 0.3 is 0 Å². The first-order valence-corrected chi connectivity index (χ1v) is 9.21. The predicted molar refractivity (Wildman–Crippen MR) is 108 cm³/mol. The van der Waals surface area contributed by atoms with Crippen LogP contribution in [0.5, 0.6) is 0 Å². The van der Waals surface area contributed by atoms with E-state index >= 15 is 0 Å². The summed E-state index contributed by atoms with van der Waals surface area (Å²) in [6.07, 6.45) is 3.52. The van der Waals surface area contributed by atoms with Crippen molar-refractivity contribution in [3.8, 4) is 0 Å². The van der Waals surface area contributed by atoms with Crippen molar-refractivity contribution < 1.29 is 0 Å². The van der Waals surface area contributed by atoms with E-state index in [-0.39, 0.29) is 0 Å². The quantitative estimate of drug-likeness (QED) is 0.743. The molecule has 3 heterocycles. The van der Waals surface area contributed by atoms with Crippen molar-refractivity contribution >= 4 is 34.9 Å². The number of hydrogen-bond acceptors (Lipinski definition) is 7. The molecule has 0 saturated carbocycles. The van der Waals surface area contributed by atoms with E-state index in [0.717, 1.165) is 49.1 Å². The van der Waals surface area contributed by atoms with Crippen LogP contribution in [0.1, 0.15) is 5.56 Å². The normalized spacial score (nSPS) is 14.3. The van der Waals surface area contributed by atoms with Crippen molar-refractivity contribution in [1.82, 2.24) is 20.2 Å². The monoisotopic (exact) mass is 381 g/mol. The molecule has 1 N–H and O–H groups in total. The fraction of sp³-hybridized carbons (Fsp3) is 0.263. The van der Waals surface area contributed by atoms with Gasteiger partial charge in [-0.05, 0) is 36.8 Å². The zero-order chi connectivity index (χ0) is 18.6. The molecule has 0 radical (unpaired) electrons. The Morgan fingerprint density at radius 3 is 2.48 bits per heavy atom. The van der Waals surface area contributed by atoms with E-state index in [0.29, 0.717) is 11.0 Å². The molecule has 1 fully saturated rings. The maximum Gasteiger partial charge on any atom is 0.249 e. The van der Waals surface area contributed by atoms with Gasteiger partial charge in [0.25, 0.3) is 0 Å². The highest BCUT2D eigenvalue weighted by atomic mass is 35.5. The molecule has 0 aliphatic carbocycles. The largest absolute Gasteiger partial charge is 0.353 e. The van der Waals surface area contributed by atoms with Crippen molar-refractivity contribution in [2.45, 2.75) is 6.92 Å². The van der Waals surface area contributed by atoms with Crippen LogP contribution in [0, 0.1) is 6.92 Å². The molecule has 1 saturated heterocycles. The van der Waals surface area contributed by atoms with Crippen LogP contribution >= 0.6 is 11.6 Å². The Labute approximate surface area is 163 Å². The van der Waals surface area contributed by atoms with Gasteiger partial charge in [0.2, 0.25) is 5.95 Å². The second-order valence-electron chi connectivity index (χ2n) is 6.39. The van der Waals surface area contributed by atoms with Gasteiger partial charge < -0.3 is 15.1 Å². The number of rotatable bonds is 4. The third-order valence-corrected chi connectivity index (χ3v) is 4.96. The summed E-state index contributed by atoms with van der Waals surface area (Å²) in [5.41, 5.74) is 1.87. The Hall–Kier alpha value is -2.93. The first kappa shape index (κ1) is 17.5. The van der Waals surface area contributed by atoms with Crippen LogP contribution in [-0.4, -0.2) is 46.3 Å². The number of nitrogens with zero attached hydrogens (tertiary/aromatic N) is 6. The summed E-state index contributed by atoms with van der Waals surface area (Å²) in [7, 11) is 0. The van der Waals surface area contributed by atoms with Gasteiger partial charge in [0, 0.05) is 43.1 Å². The minimum absolute atomic E-state index is 0.458. The molecule has 4 rings (SSSR count). The molecule has 0 atom stereocenters. The summed E-state index contributed by atoms with van der Waals surface area (Å²) < 4.78 is 0. The number of piperazine rings is 1. The van der Waals surface area contributed by atoms with Gasteiger partial charge in [0.05, 0.1) is 6.20 Å². The smallest absolute Gasteiger partial charge is 0.249 e. The summed E-state index contributed by atoms with van der Waals surface area (Å²) >= 11 is 6.18. The van der Waals surface area contributed by atoms with E-state index in [9.17, 15) is 0 Å². The number of pyridine rings is 1. The van der Waals surface area contributed by atoms with Crippen LogP contribution in [0.25, 0.3) is 0 Å². The zero-order valence-corrected chi connectivity index (χ0v) is 15.8. The summed E-state index contributed by atoms with van der Waals surface area (Å²) in [6, 6.07) is 11.7. The Morgan fingerprint density at radius 2 is 1.78 bits per heavy atom. The average Bonchev–Trinajstić information content (AvgIpc) is 2.72. The van der Waals surface area contributed by atoms with Crippen molar-refractivity contribution in [1.29, 1.82) is 0 Å². The van der Waals surface area contributed by atoms with Crippen LogP contribution < -0.4 is 15.1 Å². The van der Waals surface area contributed by atoms with Crippen LogP contribution in [0.2, 0.25) is 5.02 Å². The van der Waals surface area contributed by atoms with Gasteiger partial charge in [-0.3, -0.25) is 0 Å². The maximum absolute atomic E-state index is 6.18. The third kappa shape index (κ3) is 4.09. The Balaban J connectivity index is 1.43.